The van der Waals surface area contributed by atoms with E-state index in [0.29, 0.717) is 6.04 Å². The van der Waals surface area contributed by atoms with Crippen LogP contribution in [0.5, 0.6) is 0 Å². The maximum Gasteiger partial charge on any atom is 0.160 e. The first-order chi connectivity index (χ1) is 7.70. The molecule has 0 aliphatic carbocycles. The van der Waals surface area contributed by atoms with Crippen molar-refractivity contribution in [3.8, 4) is 0 Å². The van der Waals surface area contributed by atoms with Crippen molar-refractivity contribution in [2.45, 2.75) is 32.2 Å². The molecule has 0 radical (unpaired) electrons. The van der Waals surface area contributed by atoms with E-state index >= 15 is 0 Å². The second-order valence-corrected chi connectivity index (χ2v) is 4.64. The Kier molecular flexibility index (Phi) is 3.39. The monoisotopic (exact) mass is 217 g/mol. The van der Waals surface area contributed by atoms with Gasteiger partial charge in [0.2, 0.25) is 0 Å². The van der Waals surface area contributed by atoms with E-state index in [-0.39, 0.29) is 5.78 Å². The van der Waals surface area contributed by atoms with Crippen molar-refractivity contribution in [2.75, 3.05) is 13.6 Å². The van der Waals surface area contributed by atoms with Gasteiger partial charge in [-0.05, 0) is 38.9 Å². The lowest BCUT2D eigenvalue weighted by Crippen LogP contribution is -2.30. The first-order valence-corrected chi connectivity index (χ1v) is 6.00. The number of piperidine rings is 1. The van der Waals surface area contributed by atoms with E-state index in [4.69, 9.17) is 0 Å². The fourth-order valence-corrected chi connectivity index (χ4v) is 2.58. The van der Waals surface area contributed by atoms with E-state index in [1.165, 1.54) is 24.8 Å². The van der Waals surface area contributed by atoms with Crippen LogP contribution >= 0.6 is 0 Å². The van der Waals surface area contributed by atoms with Gasteiger partial charge >= 0.3 is 0 Å². The van der Waals surface area contributed by atoms with Crippen LogP contribution < -0.4 is 0 Å². The smallest absolute Gasteiger partial charge is 0.160 e. The summed E-state index contributed by atoms with van der Waals surface area (Å²) in [6.45, 7) is 2.79. The number of likely N-dealkylation sites (tertiary alicyclic amines) is 1. The Morgan fingerprint density at radius 2 is 2.06 bits per heavy atom. The van der Waals surface area contributed by atoms with Gasteiger partial charge in [-0.15, -0.1) is 0 Å². The van der Waals surface area contributed by atoms with Crippen LogP contribution in [-0.4, -0.2) is 24.3 Å². The summed E-state index contributed by atoms with van der Waals surface area (Å²) in [4.78, 5) is 14.0. The van der Waals surface area contributed by atoms with Gasteiger partial charge in [-0.25, -0.2) is 0 Å². The van der Waals surface area contributed by atoms with Gasteiger partial charge in [0.15, 0.2) is 5.78 Å². The summed E-state index contributed by atoms with van der Waals surface area (Å²) in [7, 11) is 2.15. The Morgan fingerprint density at radius 3 is 2.75 bits per heavy atom. The number of Topliss-reactive ketones (excluding diaryl/α,β-unsaturated/α-hetero) is 1. The molecule has 1 aliphatic heterocycles. The summed E-state index contributed by atoms with van der Waals surface area (Å²) in [5.41, 5.74) is 2.10. The summed E-state index contributed by atoms with van der Waals surface area (Å²) in [5.74, 6) is 0.176. The third kappa shape index (κ3) is 2.17. The largest absolute Gasteiger partial charge is 0.299 e. The highest BCUT2D eigenvalue weighted by Crippen LogP contribution is 2.31. The lowest BCUT2D eigenvalue weighted by molar-refractivity contribution is 0.101. The van der Waals surface area contributed by atoms with Crippen LogP contribution in [0.1, 0.15) is 48.1 Å². The molecular formula is C14H19NO. The highest BCUT2D eigenvalue weighted by molar-refractivity contribution is 5.95. The molecule has 1 saturated heterocycles. The van der Waals surface area contributed by atoms with Crippen molar-refractivity contribution >= 4 is 5.78 Å². The minimum Gasteiger partial charge on any atom is -0.299 e. The van der Waals surface area contributed by atoms with Crippen molar-refractivity contribution in [3.05, 3.63) is 35.4 Å². The van der Waals surface area contributed by atoms with Crippen LogP contribution in [0.4, 0.5) is 0 Å². The van der Waals surface area contributed by atoms with Crippen LogP contribution in [0.25, 0.3) is 0 Å². The Hall–Kier alpha value is -1.15. The molecule has 2 nitrogen and oxygen atoms in total. The third-order valence-electron chi connectivity index (χ3n) is 3.47. The number of ketones is 1. The second kappa shape index (κ2) is 4.79. The number of carbonyl (C=O) groups excluding carboxylic acids is 1. The molecule has 0 saturated carbocycles. The Bertz CT molecular complexity index is 386. The average Bonchev–Trinajstić information content (AvgIpc) is 2.29. The predicted octanol–water partition coefficient (Wildman–Crippen LogP) is 3.05. The number of rotatable bonds is 2. The molecule has 1 heterocycles. The SMILES string of the molecule is CC(=O)c1ccccc1C1CCCCN1C. The van der Waals surface area contributed by atoms with Crippen molar-refractivity contribution < 1.29 is 4.79 Å². The molecule has 0 amide bonds. The van der Waals surface area contributed by atoms with E-state index in [1.54, 1.807) is 6.92 Å². The summed E-state index contributed by atoms with van der Waals surface area (Å²) < 4.78 is 0. The number of nitrogens with zero attached hydrogens (tertiary/aromatic N) is 1. The molecule has 0 aromatic heterocycles. The molecule has 0 bridgehead atoms. The van der Waals surface area contributed by atoms with Crippen molar-refractivity contribution in [2.24, 2.45) is 0 Å². The normalized spacial score (nSPS) is 22.0. The molecule has 86 valence electrons. The van der Waals surface area contributed by atoms with Crippen molar-refractivity contribution in [1.29, 1.82) is 0 Å². The summed E-state index contributed by atoms with van der Waals surface area (Å²) in [5, 5.41) is 0. The average molecular weight is 217 g/mol. The zero-order valence-electron chi connectivity index (χ0n) is 10.1. The number of carbonyl (C=O) groups is 1. The zero-order chi connectivity index (χ0) is 11.5. The van der Waals surface area contributed by atoms with E-state index in [9.17, 15) is 4.79 Å². The van der Waals surface area contributed by atoms with Crippen molar-refractivity contribution in [3.63, 3.8) is 0 Å². The lowest BCUT2D eigenvalue weighted by Gasteiger charge is -2.33. The minimum atomic E-state index is 0.176. The molecule has 1 unspecified atom stereocenters. The molecule has 2 heteroatoms. The highest BCUT2D eigenvalue weighted by Gasteiger charge is 2.23. The van der Waals surface area contributed by atoms with Gasteiger partial charge in [0, 0.05) is 11.6 Å². The van der Waals surface area contributed by atoms with Gasteiger partial charge in [0.05, 0.1) is 0 Å². The Labute approximate surface area is 97.3 Å². The van der Waals surface area contributed by atoms with Crippen LogP contribution in [0.15, 0.2) is 24.3 Å². The fraction of sp³-hybridized carbons (Fsp3) is 0.500. The molecule has 2 rings (SSSR count). The molecule has 1 fully saturated rings. The maximum atomic E-state index is 11.6. The van der Waals surface area contributed by atoms with Crippen molar-refractivity contribution in [1.82, 2.24) is 4.90 Å². The predicted molar refractivity (Wildman–Crippen MR) is 65.7 cm³/mol. The molecule has 0 N–H and O–H groups in total. The van der Waals surface area contributed by atoms with Gasteiger partial charge in [-0.1, -0.05) is 30.7 Å². The quantitative estimate of drug-likeness (QED) is 0.710. The number of hydrogen-bond acceptors (Lipinski definition) is 2. The molecule has 1 aliphatic rings. The first-order valence-electron chi connectivity index (χ1n) is 6.00. The molecule has 1 atom stereocenters. The van der Waals surface area contributed by atoms with Gasteiger partial charge in [-0.3, -0.25) is 9.69 Å². The molecule has 0 spiro atoms. The van der Waals surface area contributed by atoms with E-state index < -0.39 is 0 Å². The van der Waals surface area contributed by atoms with Crippen LogP contribution in [0.2, 0.25) is 0 Å². The van der Waals surface area contributed by atoms with Gasteiger partial charge in [-0.2, -0.15) is 0 Å². The van der Waals surface area contributed by atoms with Gasteiger partial charge in [0.1, 0.15) is 0 Å². The number of hydrogen-bond donors (Lipinski definition) is 0. The minimum absolute atomic E-state index is 0.176. The van der Waals surface area contributed by atoms with Gasteiger partial charge < -0.3 is 0 Å². The summed E-state index contributed by atoms with van der Waals surface area (Å²) >= 11 is 0. The topological polar surface area (TPSA) is 20.3 Å². The molecule has 16 heavy (non-hydrogen) atoms. The Morgan fingerprint density at radius 1 is 1.31 bits per heavy atom. The summed E-state index contributed by atoms with van der Waals surface area (Å²) in [6.07, 6.45) is 3.71. The first kappa shape index (κ1) is 11.3. The van der Waals surface area contributed by atoms with Crippen LogP contribution in [0, 0.1) is 0 Å². The zero-order valence-corrected chi connectivity index (χ0v) is 10.1. The molecular weight excluding hydrogens is 198 g/mol. The lowest BCUT2D eigenvalue weighted by atomic mass is 9.91. The third-order valence-corrected chi connectivity index (χ3v) is 3.47. The maximum absolute atomic E-state index is 11.6. The summed E-state index contributed by atoms with van der Waals surface area (Å²) in [6, 6.07) is 8.45. The number of benzene rings is 1. The fourth-order valence-electron chi connectivity index (χ4n) is 2.58. The highest BCUT2D eigenvalue weighted by atomic mass is 16.1. The van der Waals surface area contributed by atoms with E-state index in [1.807, 2.05) is 18.2 Å². The standard InChI is InChI=1S/C14H19NO/c1-11(16)12-7-3-4-8-13(12)14-9-5-6-10-15(14)2/h3-4,7-8,14H,5-6,9-10H2,1-2H3. The van der Waals surface area contributed by atoms with Crippen LogP contribution in [0.3, 0.4) is 0 Å². The van der Waals surface area contributed by atoms with E-state index in [0.717, 1.165) is 12.1 Å². The van der Waals surface area contributed by atoms with Gasteiger partial charge in [0.25, 0.3) is 0 Å². The molecule has 1 aromatic rings. The molecule has 1 aromatic carbocycles. The Balaban J connectivity index is 2.34. The van der Waals surface area contributed by atoms with Crippen LogP contribution in [-0.2, 0) is 0 Å². The van der Waals surface area contributed by atoms with E-state index in [2.05, 4.69) is 18.0 Å². The second-order valence-electron chi connectivity index (χ2n) is 4.64.